The van der Waals surface area contributed by atoms with Crippen LogP contribution in [0.5, 0.6) is 0 Å². The highest BCUT2D eigenvalue weighted by molar-refractivity contribution is 5.82. The molecule has 1 aromatic heterocycles. The topological polar surface area (TPSA) is 51.0 Å². The predicted octanol–water partition coefficient (Wildman–Crippen LogP) is 0.708. The molecule has 0 saturated carbocycles. The number of hydrogen-bond acceptors (Lipinski definition) is 3. The van der Waals surface area contributed by atoms with Crippen LogP contribution in [0.1, 0.15) is 26.8 Å². The van der Waals surface area contributed by atoms with Crippen molar-refractivity contribution in [3.05, 3.63) is 12.4 Å². The summed E-state index contributed by atoms with van der Waals surface area (Å²) in [5.74, 6) is 0.207. The van der Waals surface area contributed by atoms with Crippen molar-refractivity contribution in [3.63, 3.8) is 0 Å². The molecule has 1 fully saturated rings. The third-order valence-corrected chi connectivity index (χ3v) is 2.61. The molecule has 0 aliphatic carbocycles. The van der Waals surface area contributed by atoms with Gasteiger partial charge in [-0.25, -0.2) is 4.68 Å². The number of carbonyl (C=O) groups is 1. The zero-order valence-electron chi connectivity index (χ0n) is 9.34. The van der Waals surface area contributed by atoms with E-state index in [2.05, 4.69) is 10.3 Å². The zero-order chi connectivity index (χ0) is 11.1. The van der Waals surface area contributed by atoms with E-state index < -0.39 is 0 Å². The van der Waals surface area contributed by atoms with Crippen molar-refractivity contribution < 1.29 is 4.79 Å². The number of likely N-dealkylation sites (tertiary alicyclic amines) is 1. The smallest absolute Gasteiger partial charge is 0.228 e. The molecule has 0 atom stereocenters. The van der Waals surface area contributed by atoms with Gasteiger partial charge in [0, 0.05) is 24.7 Å². The monoisotopic (exact) mass is 208 g/mol. The molecule has 1 amide bonds. The lowest BCUT2D eigenvalue weighted by Crippen LogP contribution is -2.54. The maximum Gasteiger partial charge on any atom is 0.228 e. The van der Waals surface area contributed by atoms with E-state index in [1.54, 1.807) is 6.20 Å². The minimum Gasteiger partial charge on any atom is -0.338 e. The average molecular weight is 208 g/mol. The number of amides is 1. The average Bonchev–Trinajstić information content (AvgIpc) is 2.52. The highest BCUT2D eigenvalue weighted by Gasteiger charge is 2.37. The molecule has 1 aliphatic rings. The molecule has 0 N–H and O–H groups in total. The van der Waals surface area contributed by atoms with Gasteiger partial charge in [0.25, 0.3) is 0 Å². The van der Waals surface area contributed by atoms with Crippen LogP contribution in [0, 0.1) is 5.41 Å². The summed E-state index contributed by atoms with van der Waals surface area (Å²) >= 11 is 0. The minimum absolute atomic E-state index is 0.207. The third-order valence-electron chi connectivity index (χ3n) is 2.61. The lowest BCUT2D eigenvalue weighted by Gasteiger charge is -2.41. The molecule has 15 heavy (non-hydrogen) atoms. The van der Waals surface area contributed by atoms with Crippen LogP contribution in [0.15, 0.2) is 12.4 Å². The summed E-state index contributed by atoms with van der Waals surface area (Å²) in [5.41, 5.74) is -0.284. The number of hydrogen-bond donors (Lipinski definition) is 0. The number of aromatic nitrogens is 3. The highest BCUT2D eigenvalue weighted by atomic mass is 16.2. The molecular formula is C10H16N4O. The second-order valence-electron chi connectivity index (χ2n) is 5.00. The summed E-state index contributed by atoms with van der Waals surface area (Å²) < 4.78 is 1.81. The Balaban J connectivity index is 1.92. The largest absolute Gasteiger partial charge is 0.338 e. The van der Waals surface area contributed by atoms with Crippen molar-refractivity contribution >= 4 is 5.91 Å². The first-order valence-electron chi connectivity index (χ1n) is 5.13. The Hall–Kier alpha value is -1.39. The van der Waals surface area contributed by atoms with E-state index in [1.165, 1.54) is 0 Å². The first-order valence-corrected chi connectivity index (χ1v) is 5.13. The highest BCUT2D eigenvalue weighted by Crippen LogP contribution is 2.26. The second kappa shape index (κ2) is 3.32. The van der Waals surface area contributed by atoms with Crippen molar-refractivity contribution in [3.8, 4) is 0 Å². The maximum atomic E-state index is 11.8. The first kappa shape index (κ1) is 10.1. The van der Waals surface area contributed by atoms with Crippen molar-refractivity contribution in [1.29, 1.82) is 0 Å². The molecule has 82 valence electrons. The van der Waals surface area contributed by atoms with E-state index in [9.17, 15) is 4.79 Å². The van der Waals surface area contributed by atoms with Gasteiger partial charge < -0.3 is 4.90 Å². The Labute approximate surface area is 89.1 Å². The summed E-state index contributed by atoms with van der Waals surface area (Å²) in [4.78, 5) is 13.7. The lowest BCUT2D eigenvalue weighted by atomic mass is 9.92. The minimum atomic E-state index is -0.284. The first-order chi connectivity index (χ1) is 6.98. The summed E-state index contributed by atoms with van der Waals surface area (Å²) in [5, 5.41) is 7.68. The van der Waals surface area contributed by atoms with E-state index >= 15 is 0 Å². The van der Waals surface area contributed by atoms with E-state index in [1.807, 2.05) is 36.5 Å². The Morgan fingerprint density at radius 2 is 2.07 bits per heavy atom. The van der Waals surface area contributed by atoms with Gasteiger partial charge in [0.1, 0.15) is 0 Å². The van der Waals surface area contributed by atoms with Crippen LogP contribution in [0.2, 0.25) is 0 Å². The molecule has 0 unspecified atom stereocenters. The van der Waals surface area contributed by atoms with Gasteiger partial charge in [-0.15, -0.1) is 5.10 Å². The van der Waals surface area contributed by atoms with Crippen molar-refractivity contribution in [1.82, 2.24) is 19.9 Å². The second-order valence-corrected chi connectivity index (χ2v) is 5.00. The van der Waals surface area contributed by atoms with Crippen molar-refractivity contribution in [2.75, 3.05) is 13.1 Å². The van der Waals surface area contributed by atoms with Gasteiger partial charge >= 0.3 is 0 Å². The predicted molar refractivity (Wildman–Crippen MR) is 55.1 cm³/mol. The number of nitrogens with zero attached hydrogens (tertiary/aromatic N) is 4. The van der Waals surface area contributed by atoms with E-state index in [-0.39, 0.29) is 11.3 Å². The standard InChI is InChI=1S/C10H16N4O/c1-10(2,3)9(15)13-6-8(7-13)14-5-4-11-12-14/h4-5,8H,6-7H2,1-3H3. The molecule has 2 heterocycles. The Morgan fingerprint density at radius 1 is 1.40 bits per heavy atom. The molecule has 0 aromatic carbocycles. The number of rotatable bonds is 1. The lowest BCUT2D eigenvalue weighted by molar-refractivity contribution is -0.145. The van der Waals surface area contributed by atoms with Gasteiger partial charge in [-0.3, -0.25) is 4.79 Å². The number of carbonyl (C=O) groups excluding carboxylic acids is 1. The van der Waals surface area contributed by atoms with Crippen LogP contribution in [0.4, 0.5) is 0 Å². The van der Waals surface area contributed by atoms with Crippen LogP contribution < -0.4 is 0 Å². The molecule has 2 rings (SSSR count). The van der Waals surface area contributed by atoms with E-state index in [0.29, 0.717) is 6.04 Å². The maximum absolute atomic E-state index is 11.8. The van der Waals surface area contributed by atoms with Crippen molar-refractivity contribution in [2.45, 2.75) is 26.8 Å². The van der Waals surface area contributed by atoms with Gasteiger partial charge in [0.05, 0.1) is 12.2 Å². The molecule has 1 aliphatic heterocycles. The fraction of sp³-hybridized carbons (Fsp3) is 0.700. The zero-order valence-corrected chi connectivity index (χ0v) is 9.34. The summed E-state index contributed by atoms with van der Waals surface area (Å²) in [6.07, 6.45) is 3.50. The Kier molecular flexibility index (Phi) is 2.25. The molecule has 5 nitrogen and oxygen atoms in total. The molecule has 0 spiro atoms. The SMILES string of the molecule is CC(C)(C)C(=O)N1CC(n2ccnn2)C1. The summed E-state index contributed by atoms with van der Waals surface area (Å²) in [6.45, 7) is 7.33. The molecule has 1 saturated heterocycles. The summed E-state index contributed by atoms with van der Waals surface area (Å²) in [7, 11) is 0. The van der Waals surface area contributed by atoms with Crippen LogP contribution in [-0.2, 0) is 4.79 Å². The van der Waals surface area contributed by atoms with Gasteiger partial charge in [-0.2, -0.15) is 0 Å². The van der Waals surface area contributed by atoms with Crippen LogP contribution >= 0.6 is 0 Å². The Morgan fingerprint density at radius 3 is 2.53 bits per heavy atom. The van der Waals surface area contributed by atoms with Gasteiger partial charge in [0.2, 0.25) is 5.91 Å². The van der Waals surface area contributed by atoms with E-state index in [4.69, 9.17) is 0 Å². The fourth-order valence-corrected chi connectivity index (χ4v) is 1.67. The molecule has 0 bridgehead atoms. The fourth-order valence-electron chi connectivity index (χ4n) is 1.67. The van der Waals surface area contributed by atoms with Crippen LogP contribution in [-0.4, -0.2) is 38.9 Å². The summed E-state index contributed by atoms with van der Waals surface area (Å²) in [6, 6.07) is 0.304. The van der Waals surface area contributed by atoms with Crippen LogP contribution in [0.25, 0.3) is 0 Å². The molecular weight excluding hydrogens is 192 g/mol. The Bertz CT molecular complexity index is 346. The normalized spacial score (nSPS) is 17.7. The molecule has 0 radical (unpaired) electrons. The van der Waals surface area contributed by atoms with Gasteiger partial charge in [0.15, 0.2) is 0 Å². The van der Waals surface area contributed by atoms with Gasteiger partial charge in [-0.05, 0) is 0 Å². The quantitative estimate of drug-likeness (QED) is 0.683. The molecule has 1 aromatic rings. The molecule has 5 heteroatoms. The van der Waals surface area contributed by atoms with Gasteiger partial charge in [-0.1, -0.05) is 26.0 Å². The van der Waals surface area contributed by atoms with E-state index in [0.717, 1.165) is 13.1 Å². The van der Waals surface area contributed by atoms with Crippen molar-refractivity contribution in [2.24, 2.45) is 5.41 Å². The van der Waals surface area contributed by atoms with Crippen LogP contribution in [0.3, 0.4) is 0 Å². The third kappa shape index (κ3) is 1.86.